The zero-order chi connectivity index (χ0) is 29.3. The summed E-state index contributed by atoms with van der Waals surface area (Å²) in [6.07, 6.45) is 15.8. The summed E-state index contributed by atoms with van der Waals surface area (Å²) < 4.78 is 12.2. The molecule has 0 unspecified atom stereocenters. The van der Waals surface area contributed by atoms with Crippen molar-refractivity contribution in [3.63, 3.8) is 0 Å². The summed E-state index contributed by atoms with van der Waals surface area (Å²) in [5.41, 5.74) is 10.1. The molecule has 5 rings (SSSR count). The molecule has 0 aliphatic heterocycles. The summed E-state index contributed by atoms with van der Waals surface area (Å²) in [6, 6.07) is 17.6. The van der Waals surface area contributed by atoms with Gasteiger partial charge in [-0.3, -0.25) is 0 Å². The van der Waals surface area contributed by atoms with Gasteiger partial charge in [0, 0.05) is 0 Å². The molecule has 3 aromatic carbocycles. The highest BCUT2D eigenvalue weighted by molar-refractivity contribution is 5.95. The first-order valence-electron chi connectivity index (χ1n) is 15.5. The number of unbranched alkanes of at least 4 members (excludes halogenated alkanes) is 6. The van der Waals surface area contributed by atoms with Gasteiger partial charge < -0.3 is 9.47 Å². The lowest BCUT2D eigenvalue weighted by Gasteiger charge is -2.31. The van der Waals surface area contributed by atoms with Crippen molar-refractivity contribution in [2.24, 2.45) is 0 Å². The Morgan fingerprint density at radius 1 is 0.619 bits per heavy atom. The first-order valence-corrected chi connectivity index (χ1v) is 15.5. The highest BCUT2D eigenvalue weighted by Gasteiger charge is 2.32. The van der Waals surface area contributed by atoms with E-state index in [-0.39, 0.29) is 0 Å². The van der Waals surface area contributed by atoms with Crippen molar-refractivity contribution >= 4 is 0 Å². The van der Waals surface area contributed by atoms with E-state index in [4.69, 9.17) is 9.47 Å². The molecule has 42 heavy (non-hydrogen) atoms. The monoisotopic (exact) mass is 556 g/mol. The molecule has 0 aromatic heterocycles. The molecule has 3 aromatic rings. The van der Waals surface area contributed by atoms with E-state index in [1.165, 1.54) is 11.1 Å². The Labute approximate surface area is 250 Å². The molecule has 0 fully saturated rings. The molecule has 0 bridgehead atoms. The minimum absolute atomic E-state index is 0.552. The number of allylic oxidation sites excluding steroid dienone is 2. The van der Waals surface area contributed by atoms with Gasteiger partial charge in [-0.25, -0.2) is 0 Å². The molecule has 0 atom stereocenters. The third-order valence-corrected chi connectivity index (χ3v) is 8.55. The van der Waals surface area contributed by atoms with Crippen LogP contribution in [-0.4, -0.2) is 13.2 Å². The fraction of sp³-hybridized carbons (Fsp3) is 0.368. The second-order valence-corrected chi connectivity index (χ2v) is 11.3. The van der Waals surface area contributed by atoms with Crippen molar-refractivity contribution < 1.29 is 9.47 Å². The standard InChI is InChI=1S/C38H40N2O2/c1-3-5-7-9-11-21-41-29-15-19-31-27(23-29)13-17-33-35(25-39)36(26-40)34-18-14-28-24-30(42-22-12-10-8-6-4-2)16-20-32(28)38(34)37(31)33/h3-4,15-16,19-20,23-24H,1-2,5-14,17-18,21-22H2. The fourth-order valence-electron chi connectivity index (χ4n) is 6.45. The summed E-state index contributed by atoms with van der Waals surface area (Å²) in [7, 11) is 0. The molecule has 0 spiro atoms. The van der Waals surface area contributed by atoms with E-state index >= 15 is 0 Å². The number of hydrogen-bond acceptors (Lipinski definition) is 4. The van der Waals surface area contributed by atoms with Crippen LogP contribution in [0, 0.1) is 22.7 Å². The number of fused-ring (bicyclic) bond motifs is 7. The van der Waals surface area contributed by atoms with Crippen LogP contribution in [0.2, 0.25) is 0 Å². The second kappa shape index (κ2) is 14.1. The van der Waals surface area contributed by atoms with Gasteiger partial charge in [-0.2, -0.15) is 10.5 Å². The maximum atomic E-state index is 10.2. The maximum absolute atomic E-state index is 10.2. The van der Waals surface area contributed by atoms with E-state index in [9.17, 15) is 10.5 Å². The molecular weight excluding hydrogens is 516 g/mol. The Kier molecular flexibility index (Phi) is 9.78. The number of aryl methyl sites for hydroxylation is 2. The van der Waals surface area contributed by atoms with E-state index in [1.807, 2.05) is 12.2 Å². The molecule has 214 valence electrons. The minimum atomic E-state index is 0.552. The lowest BCUT2D eigenvalue weighted by Crippen LogP contribution is -2.16. The van der Waals surface area contributed by atoms with Crippen LogP contribution < -0.4 is 9.47 Å². The van der Waals surface area contributed by atoms with Crippen LogP contribution in [0.5, 0.6) is 11.5 Å². The van der Waals surface area contributed by atoms with E-state index < -0.39 is 0 Å². The lowest BCUT2D eigenvalue weighted by atomic mass is 9.72. The van der Waals surface area contributed by atoms with Gasteiger partial charge in [0.2, 0.25) is 0 Å². The normalized spacial score (nSPS) is 12.5. The number of hydrogen-bond donors (Lipinski definition) is 0. The first kappa shape index (κ1) is 29.2. The van der Waals surface area contributed by atoms with Crippen molar-refractivity contribution in [1.82, 2.24) is 0 Å². The highest BCUT2D eigenvalue weighted by Crippen LogP contribution is 2.49. The van der Waals surface area contributed by atoms with Crippen LogP contribution in [0.15, 0.2) is 61.7 Å². The van der Waals surface area contributed by atoms with Crippen LogP contribution in [0.1, 0.15) is 84.7 Å². The van der Waals surface area contributed by atoms with Crippen molar-refractivity contribution in [1.29, 1.82) is 10.5 Å². The summed E-state index contributed by atoms with van der Waals surface area (Å²) in [5.74, 6) is 1.80. The van der Waals surface area contributed by atoms with Crippen molar-refractivity contribution in [3.05, 3.63) is 95.1 Å². The van der Waals surface area contributed by atoms with E-state index in [2.05, 4.69) is 61.7 Å². The van der Waals surface area contributed by atoms with Crippen molar-refractivity contribution in [3.8, 4) is 45.9 Å². The topological polar surface area (TPSA) is 66.0 Å². The van der Waals surface area contributed by atoms with Gasteiger partial charge in [-0.1, -0.05) is 24.3 Å². The fourth-order valence-corrected chi connectivity index (χ4v) is 6.45. The minimum Gasteiger partial charge on any atom is -0.494 e. The van der Waals surface area contributed by atoms with Crippen LogP contribution in [-0.2, 0) is 25.7 Å². The highest BCUT2D eigenvalue weighted by atomic mass is 16.5. The molecule has 2 aliphatic rings. The van der Waals surface area contributed by atoms with Crippen molar-refractivity contribution in [2.75, 3.05) is 13.2 Å². The quantitative estimate of drug-likeness (QED) is 0.147. The molecule has 2 aliphatic carbocycles. The smallest absolute Gasteiger partial charge is 0.119 e. The van der Waals surface area contributed by atoms with E-state index in [0.29, 0.717) is 24.3 Å². The van der Waals surface area contributed by atoms with Crippen molar-refractivity contribution in [2.45, 2.75) is 77.0 Å². The number of benzene rings is 3. The van der Waals surface area contributed by atoms with Gasteiger partial charge >= 0.3 is 0 Å². The van der Waals surface area contributed by atoms with Gasteiger partial charge in [0.05, 0.1) is 24.3 Å². The summed E-state index contributed by atoms with van der Waals surface area (Å²) in [4.78, 5) is 0. The number of rotatable bonds is 14. The Morgan fingerprint density at radius 2 is 1.07 bits per heavy atom. The zero-order valence-corrected chi connectivity index (χ0v) is 24.6. The second-order valence-electron chi connectivity index (χ2n) is 11.3. The average Bonchev–Trinajstić information content (AvgIpc) is 3.02. The molecule has 0 saturated carbocycles. The SMILES string of the molecule is C=CCCCCCOc1ccc2c(c1)CCc1c(C#N)c(C#N)c3c(c1-2)-c1ccc(OCCCCCC=C)cc1CC3. The Balaban J connectivity index is 1.47. The molecular formula is C38H40N2O2. The van der Waals surface area contributed by atoms with Gasteiger partial charge in [-0.05, 0) is 146 Å². The van der Waals surface area contributed by atoms with Gasteiger partial charge in [0.1, 0.15) is 23.6 Å². The molecule has 4 nitrogen and oxygen atoms in total. The summed E-state index contributed by atoms with van der Waals surface area (Å²) >= 11 is 0. The summed E-state index contributed by atoms with van der Waals surface area (Å²) in [5, 5.41) is 20.4. The first-order chi connectivity index (χ1) is 20.7. The molecule has 0 heterocycles. The van der Waals surface area contributed by atoms with Crippen LogP contribution in [0.3, 0.4) is 0 Å². The maximum Gasteiger partial charge on any atom is 0.119 e. The third kappa shape index (κ3) is 6.14. The summed E-state index contributed by atoms with van der Waals surface area (Å²) in [6.45, 7) is 9.00. The molecule has 4 heteroatoms. The largest absolute Gasteiger partial charge is 0.494 e. The molecule has 0 radical (unpaired) electrons. The Hall–Kier alpha value is -4.28. The predicted octanol–water partition coefficient (Wildman–Crippen LogP) is 9.21. The number of nitrogens with zero attached hydrogens (tertiary/aromatic N) is 2. The number of ether oxygens (including phenoxy) is 2. The van der Waals surface area contributed by atoms with Gasteiger partial charge in [0.25, 0.3) is 0 Å². The van der Waals surface area contributed by atoms with Crippen LogP contribution in [0.25, 0.3) is 22.3 Å². The van der Waals surface area contributed by atoms with E-state index in [1.54, 1.807) is 0 Å². The third-order valence-electron chi connectivity index (χ3n) is 8.55. The molecule has 0 saturated heterocycles. The molecule has 0 amide bonds. The van der Waals surface area contributed by atoms with Crippen LogP contribution >= 0.6 is 0 Å². The van der Waals surface area contributed by atoms with Gasteiger partial charge in [-0.15, -0.1) is 13.2 Å². The van der Waals surface area contributed by atoms with E-state index in [0.717, 1.165) is 122 Å². The Morgan fingerprint density at radius 3 is 1.48 bits per heavy atom. The number of nitriles is 2. The van der Waals surface area contributed by atoms with Crippen LogP contribution in [0.4, 0.5) is 0 Å². The predicted molar refractivity (Wildman–Crippen MR) is 170 cm³/mol. The van der Waals surface area contributed by atoms with Gasteiger partial charge in [0.15, 0.2) is 0 Å². The Bertz CT molecular complexity index is 1440. The zero-order valence-electron chi connectivity index (χ0n) is 24.6. The lowest BCUT2D eigenvalue weighted by molar-refractivity contribution is 0.305. The molecule has 0 N–H and O–H groups in total. The average molecular weight is 557 g/mol.